The molecular formula is C17H18N4O4. The fourth-order valence-electron chi connectivity index (χ4n) is 3.76. The zero-order valence-corrected chi connectivity index (χ0v) is 13.5. The van der Waals surface area contributed by atoms with Crippen LogP contribution in [-0.4, -0.2) is 63.2 Å². The van der Waals surface area contributed by atoms with Crippen molar-refractivity contribution in [2.45, 2.75) is 6.42 Å². The van der Waals surface area contributed by atoms with Gasteiger partial charge >= 0.3 is 5.97 Å². The lowest BCUT2D eigenvalue weighted by molar-refractivity contribution is -0.157. The van der Waals surface area contributed by atoms with Gasteiger partial charge in [0.15, 0.2) is 0 Å². The molecule has 0 spiro atoms. The zero-order valence-electron chi connectivity index (χ0n) is 13.5. The van der Waals surface area contributed by atoms with Crippen LogP contribution >= 0.6 is 0 Å². The first kappa shape index (κ1) is 15.8. The van der Waals surface area contributed by atoms with E-state index in [1.54, 1.807) is 40.2 Å². The molecule has 4 rings (SSSR count). The third-order valence-corrected chi connectivity index (χ3v) is 5.20. The maximum absolute atomic E-state index is 12.9. The molecule has 1 aromatic heterocycles. The fourth-order valence-corrected chi connectivity index (χ4v) is 3.76. The van der Waals surface area contributed by atoms with E-state index in [2.05, 4.69) is 10.3 Å². The molecule has 2 fully saturated rings. The van der Waals surface area contributed by atoms with Gasteiger partial charge < -0.3 is 14.7 Å². The molecule has 8 heteroatoms. The van der Waals surface area contributed by atoms with Gasteiger partial charge in [-0.15, -0.1) is 5.10 Å². The van der Waals surface area contributed by atoms with E-state index in [-0.39, 0.29) is 18.4 Å². The number of carboxylic acid groups (broad SMARTS) is 1. The topological polar surface area (TPSA) is 97.5 Å². The van der Waals surface area contributed by atoms with Gasteiger partial charge in [-0.25, -0.2) is 4.68 Å². The Morgan fingerprint density at radius 3 is 2.96 bits per heavy atom. The summed E-state index contributed by atoms with van der Waals surface area (Å²) in [4.78, 5) is 26.4. The highest BCUT2D eigenvalue weighted by Gasteiger charge is 2.54. The van der Waals surface area contributed by atoms with Crippen molar-refractivity contribution >= 4 is 11.9 Å². The number of fused-ring (bicyclic) bond motifs is 1. The minimum atomic E-state index is -0.891. The third-order valence-electron chi connectivity index (χ3n) is 5.20. The van der Waals surface area contributed by atoms with Crippen molar-refractivity contribution in [3.63, 3.8) is 0 Å². The van der Waals surface area contributed by atoms with Gasteiger partial charge in [0, 0.05) is 31.2 Å². The Bertz CT molecular complexity index is 807. The summed E-state index contributed by atoms with van der Waals surface area (Å²) in [6, 6.07) is 7.09. The van der Waals surface area contributed by atoms with Crippen LogP contribution in [0.3, 0.4) is 0 Å². The Morgan fingerprint density at radius 1 is 1.36 bits per heavy atom. The van der Waals surface area contributed by atoms with Gasteiger partial charge in [-0.1, -0.05) is 11.3 Å². The van der Waals surface area contributed by atoms with E-state index in [9.17, 15) is 14.7 Å². The molecule has 0 aliphatic carbocycles. The van der Waals surface area contributed by atoms with Gasteiger partial charge in [0.25, 0.3) is 5.91 Å². The molecule has 0 bridgehead atoms. The molecular weight excluding hydrogens is 324 g/mol. The summed E-state index contributed by atoms with van der Waals surface area (Å²) in [5.41, 5.74) is 0.349. The number of rotatable bonds is 3. The second-order valence-corrected chi connectivity index (χ2v) is 6.57. The predicted octanol–water partition coefficient (Wildman–Crippen LogP) is 0.831. The number of carbonyl (C=O) groups is 2. The maximum atomic E-state index is 12.9. The third kappa shape index (κ3) is 2.58. The van der Waals surface area contributed by atoms with Gasteiger partial charge in [-0.05, 0) is 24.6 Å². The summed E-state index contributed by atoms with van der Waals surface area (Å²) < 4.78 is 7.02. The number of aromatic nitrogens is 3. The molecule has 0 radical (unpaired) electrons. The molecule has 8 nitrogen and oxygen atoms in total. The summed E-state index contributed by atoms with van der Waals surface area (Å²) in [6.07, 6.45) is 3.71. The second-order valence-electron chi connectivity index (χ2n) is 6.57. The first-order valence-corrected chi connectivity index (χ1v) is 8.17. The second kappa shape index (κ2) is 5.96. The standard InChI is InChI=1S/C17H18N4O4/c22-15(12-2-1-3-14(8-12)21-6-5-18-19-21)20-9-13-10-25-7-4-17(13,11-20)16(23)24/h1-3,5-6,8,13H,4,7,9-11H2,(H,23,24)/t13-,17+/m0/s1. The molecule has 0 saturated carbocycles. The van der Waals surface area contributed by atoms with E-state index in [4.69, 9.17) is 4.74 Å². The zero-order chi connectivity index (χ0) is 17.4. The van der Waals surface area contributed by atoms with Crippen LogP contribution < -0.4 is 0 Å². The quantitative estimate of drug-likeness (QED) is 0.887. The molecule has 2 aliphatic heterocycles. The monoisotopic (exact) mass is 342 g/mol. The molecule has 3 heterocycles. The van der Waals surface area contributed by atoms with Gasteiger partial charge in [0.2, 0.25) is 0 Å². The van der Waals surface area contributed by atoms with Crippen molar-refractivity contribution < 1.29 is 19.4 Å². The van der Waals surface area contributed by atoms with Crippen molar-refractivity contribution in [1.29, 1.82) is 0 Å². The molecule has 2 aliphatic rings. The van der Waals surface area contributed by atoms with E-state index in [0.29, 0.717) is 31.7 Å². The Morgan fingerprint density at radius 2 is 2.24 bits per heavy atom. The smallest absolute Gasteiger partial charge is 0.311 e. The summed E-state index contributed by atoms with van der Waals surface area (Å²) in [5.74, 6) is -1.18. The van der Waals surface area contributed by atoms with Crippen LogP contribution in [0.2, 0.25) is 0 Å². The summed E-state index contributed by atoms with van der Waals surface area (Å²) in [6.45, 7) is 1.43. The van der Waals surface area contributed by atoms with Gasteiger partial charge in [0.1, 0.15) is 0 Å². The number of hydrogen-bond donors (Lipinski definition) is 1. The largest absolute Gasteiger partial charge is 0.481 e. The van der Waals surface area contributed by atoms with Gasteiger partial charge in [0.05, 0.1) is 30.1 Å². The number of aliphatic carboxylic acids is 1. The van der Waals surface area contributed by atoms with Crippen LogP contribution in [0.1, 0.15) is 16.8 Å². The van der Waals surface area contributed by atoms with Gasteiger partial charge in [-0.2, -0.15) is 0 Å². The Balaban J connectivity index is 1.60. The average Bonchev–Trinajstić information content (AvgIpc) is 3.29. The Kier molecular flexibility index (Phi) is 3.76. The lowest BCUT2D eigenvalue weighted by Crippen LogP contribution is -2.45. The Hall–Kier alpha value is -2.74. The average molecular weight is 342 g/mol. The Labute approximate surface area is 144 Å². The number of benzene rings is 1. The number of carboxylic acids is 1. The minimum Gasteiger partial charge on any atom is -0.481 e. The molecule has 1 N–H and O–H groups in total. The van der Waals surface area contributed by atoms with E-state index in [1.165, 1.54) is 0 Å². The SMILES string of the molecule is O=C(c1cccc(-n2ccnn2)c1)N1C[C@H]2COCC[C@@]2(C(=O)O)C1. The number of likely N-dealkylation sites (tertiary alicyclic amines) is 1. The molecule has 2 atom stereocenters. The lowest BCUT2D eigenvalue weighted by atomic mass is 9.74. The molecule has 1 amide bonds. The van der Waals surface area contributed by atoms with Crippen LogP contribution in [0.4, 0.5) is 0 Å². The molecule has 25 heavy (non-hydrogen) atoms. The molecule has 0 unspecified atom stereocenters. The van der Waals surface area contributed by atoms with Crippen LogP contribution in [0.25, 0.3) is 5.69 Å². The van der Waals surface area contributed by atoms with Crippen molar-refractivity contribution in [2.75, 3.05) is 26.3 Å². The highest BCUT2D eigenvalue weighted by atomic mass is 16.5. The molecule has 1 aromatic carbocycles. The molecule has 130 valence electrons. The first-order valence-electron chi connectivity index (χ1n) is 8.17. The normalized spacial score (nSPS) is 25.6. The minimum absolute atomic E-state index is 0.166. The number of nitrogens with zero attached hydrogens (tertiary/aromatic N) is 4. The summed E-state index contributed by atoms with van der Waals surface area (Å²) >= 11 is 0. The van der Waals surface area contributed by atoms with Crippen LogP contribution in [0.5, 0.6) is 0 Å². The van der Waals surface area contributed by atoms with Crippen molar-refractivity contribution in [1.82, 2.24) is 19.9 Å². The van der Waals surface area contributed by atoms with Gasteiger partial charge in [-0.3, -0.25) is 9.59 Å². The highest BCUT2D eigenvalue weighted by Crippen LogP contribution is 2.42. The number of carbonyl (C=O) groups excluding carboxylic acids is 1. The van der Waals surface area contributed by atoms with Crippen LogP contribution in [0, 0.1) is 11.3 Å². The molecule has 2 saturated heterocycles. The molecule has 2 aromatic rings. The van der Waals surface area contributed by atoms with Crippen LogP contribution in [0.15, 0.2) is 36.7 Å². The van der Waals surface area contributed by atoms with E-state index >= 15 is 0 Å². The van der Waals surface area contributed by atoms with Crippen LogP contribution in [-0.2, 0) is 9.53 Å². The van der Waals surface area contributed by atoms with Crippen molar-refractivity contribution in [3.05, 3.63) is 42.2 Å². The van der Waals surface area contributed by atoms with E-state index < -0.39 is 11.4 Å². The lowest BCUT2D eigenvalue weighted by Gasteiger charge is -2.33. The number of hydrogen-bond acceptors (Lipinski definition) is 5. The van der Waals surface area contributed by atoms with Crippen molar-refractivity contribution in [2.24, 2.45) is 11.3 Å². The van der Waals surface area contributed by atoms with E-state index in [1.807, 2.05) is 6.07 Å². The number of ether oxygens (including phenoxy) is 1. The van der Waals surface area contributed by atoms with Crippen molar-refractivity contribution in [3.8, 4) is 5.69 Å². The summed E-state index contributed by atoms with van der Waals surface area (Å²) in [7, 11) is 0. The predicted molar refractivity (Wildman–Crippen MR) is 86.3 cm³/mol. The maximum Gasteiger partial charge on any atom is 0.311 e. The fraction of sp³-hybridized carbons (Fsp3) is 0.412. The first-order chi connectivity index (χ1) is 12.1. The highest BCUT2D eigenvalue weighted by molar-refractivity contribution is 5.95. The number of amides is 1. The summed E-state index contributed by atoms with van der Waals surface area (Å²) in [5, 5.41) is 17.4. The van der Waals surface area contributed by atoms with E-state index in [0.717, 1.165) is 5.69 Å².